The van der Waals surface area contributed by atoms with Crippen LogP contribution in [0.1, 0.15) is 47.6 Å². The minimum Gasteiger partial charge on any atom is -0.0795 e. The lowest BCUT2D eigenvalue weighted by Crippen LogP contribution is -1.76. The van der Waals surface area contributed by atoms with Crippen LogP contribution in [0.15, 0.2) is 30.3 Å². The second-order valence-corrected chi connectivity index (χ2v) is 2.31. The van der Waals surface area contributed by atoms with E-state index in [0.29, 0.717) is 0 Å². The molecule has 0 amide bonds. The highest BCUT2D eigenvalue weighted by Gasteiger charge is 2.00. The van der Waals surface area contributed by atoms with Crippen molar-refractivity contribution in [1.82, 2.24) is 0 Å². The third kappa shape index (κ3) is 4.27. The SMILES string of the molecule is C1=Cc2ccccc2C1.CC.CC.[3H]C. The van der Waals surface area contributed by atoms with Crippen LogP contribution in [0.4, 0.5) is 0 Å². The van der Waals surface area contributed by atoms with Crippen LogP contribution in [0.25, 0.3) is 6.08 Å². The molecule has 0 aliphatic heterocycles. The van der Waals surface area contributed by atoms with Gasteiger partial charge in [-0.3, -0.25) is 0 Å². The normalized spacial score (nSPS) is 10.2. The van der Waals surface area contributed by atoms with Gasteiger partial charge in [-0.25, -0.2) is 0 Å². The van der Waals surface area contributed by atoms with E-state index in [-0.39, 0.29) is 0 Å². The number of benzene rings is 1. The van der Waals surface area contributed by atoms with Crippen LogP contribution in [0.5, 0.6) is 0 Å². The summed E-state index contributed by atoms with van der Waals surface area (Å²) in [6.07, 6.45) is 5.50. The lowest BCUT2D eigenvalue weighted by Gasteiger charge is -1.93. The van der Waals surface area contributed by atoms with Crippen molar-refractivity contribution in [2.45, 2.75) is 41.5 Å². The van der Waals surface area contributed by atoms with Gasteiger partial charge in [0.05, 0.1) is 0 Å². The summed E-state index contributed by atoms with van der Waals surface area (Å²) in [5, 5.41) is 0. The molecule has 1 aliphatic carbocycles. The summed E-state index contributed by atoms with van der Waals surface area (Å²) in [6.45, 7) is 8.00. The third-order valence-electron chi connectivity index (χ3n) is 1.69. The molecule has 80 valence electrons. The Kier molecular flexibility index (Phi) is 9.30. The largest absolute Gasteiger partial charge is 0.0795 e. The molecule has 1 aromatic carbocycles. The van der Waals surface area contributed by atoms with E-state index < -0.39 is 0 Å². The Hall–Kier alpha value is -1.04. The van der Waals surface area contributed by atoms with Crippen molar-refractivity contribution in [1.29, 1.82) is 0 Å². The van der Waals surface area contributed by atoms with Crippen molar-refractivity contribution in [2.24, 2.45) is 0 Å². The monoisotopic (exact) mass is 194 g/mol. The van der Waals surface area contributed by atoms with Crippen LogP contribution in [0.3, 0.4) is 0 Å². The molecule has 1 aliphatic rings. The van der Waals surface area contributed by atoms with Crippen molar-refractivity contribution < 1.29 is 1.37 Å². The summed E-state index contributed by atoms with van der Waals surface area (Å²) in [6, 6.07) is 8.49. The molecule has 0 saturated carbocycles. The number of rotatable bonds is 0. The highest BCUT2D eigenvalue weighted by atomic mass is 14.0. The third-order valence-corrected chi connectivity index (χ3v) is 1.69. The fourth-order valence-electron chi connectivity index (χ4n) is 1.20. The zero-order chi connectivity index (χ0) is 12.1. The molecule has 0 spiro atoms. The molecule has 0 aromatic heterocycles. The molecule has 2 rings (SSSR count). The van der Waals surface area contributed by atoms with Gasteiger partial charge in [-0.2, -0.15) is 0 Å². The molecule has 0 radical (unpaired) electrons. The second kappa shape index (κ2) is 10.0. The summed E-state index contributed by atoms with van der Waals surface area (Å²) in [4.78, 5) is 0. The van der Waals surface area contributed by atoms with Crippen LogP contribution in [0.2, 0.25) is 0 Å². The fourth-order valence-corrected chi connectivity index (χ4v) is 1.20. The molecule has 0 bridgehead atoms. The number of fused-ring (bicyclic) bond motifs is 1. The maximum atomic E-state index is 5.75. The molecular formula is C14H24. The Morgan fingerprint density at radius 1 is 1.07 bits per heavy atom. The van der Waals surface area contributed by atoms with Crippen LogP contribution in [0, 0.1) is 0 Å². The van der Waals surface area contributed by atoms with E-state index >= 15 is 0 Å². The first kappa shape index (κ1) is 13.0. The molecule has 0 fully saturated rings. The molecule has 0 unspecified atom stereocenters. The number of hydrogen-bond acceptors (Lipinski definition) is 0. The van der Waals surface area contributed by atoms with Gasteiger partial charge in [-0.1, -0.05) is 71.5 Å². The van der Waals surface area contributed by atoms with Crippen molar-refractivity contribution >= 4 is 6.08 Å². The van der Waals surface area contributed by atoms with Gasteiger partial charge in [0, 0.05) is 1.37 Å². The predicted octanol–water partition coefficient (Wildman–Crippen LogP) is 4.94. The highest BCUT2D eigenvalue weighted by molar-refractivity contribution is 5.59. The molecule has 1 aromatic rings. The lowest BCUT2D eigenvalue weighted by molar-refractivity contribution is 1.31. The van der Waals surface area contributed by atoms with Gasteiger partial charge in [0.25, 0.3) is 0 Å². The minimum atomic E-state index is 1.12. The molecular weight excluding hydrogens is 168 g/mol. The van der Waals surface area contributed by atoms with Crippen LogP contribution in [-0.4, -0.2) is 0 Å². The Bertz CT molecular complexity index is 251. The van der Waals surface area contributed by atoms with Crippen molar-refractivity contribution in [3.63, 3.8) is 0 Å². The topological polar surface area (TPSA) is 0 Å². The van der Waals surface area contributed by atoms with Gasteiger partial charge in [0.15, 0.2) is 0 Å². The molecule has 0 saturated heterocycles. The molecule has 0 nitrogen and oxygen atoms in total. The highest BCUT2D eigenvalue weighted by Crippen LogP contribution is 2.17. The predicted molar refractivity (Wildman–Crippen MR) is 68.6 cm³/mol. The van der Waals surface area contributed by atoms with Gasteiger partial charge < -0.3 is 0 Å². The fraction of sp³-hybridized carbons (Fsp3) is 0.429. The van der Waals surface area contributed by atoms with Gasteiger partial charge in [-0.05, 0) is 17.5 Å². The van der Waals surface area contributed by atoms with E-state index in [2.05, 4.69) is 36.4 Å². The van der Waals surface area contributed by atoms with E-state index in [4.69, 9.17) is 1.37 Å². The van der Waals surface area contributed by atoms with Crippen LogP contribution in [-0.2, 0) is 6.42 Å². The Balaban J connectivity index is 0. The first-order valence-corrected chi connectivity index (χ1v) is 5.21. The van der Waals surface area contributed by atoms with Gasteiger partial charge >= 0.3 is 0 Å². The van der Waals surface area contributed by atoms with E-state index in [1.807, 2.05) is 27.7 Å². The van der Waals surface area contributed by atoms with Gasteiger partial charge in [-0.15, -0.1) is 0 Å². The Morgan fingerprint density at radius 3 is 2.21 bits per heavy atom. The van der Waals surface area contributed by atoms with Crippen molar-refractivity contribution in [3.05, 3.63) is 41.5 Å². The first-order valence-electron chi connectivity index (χ1n) is 6.21. The molecule has 0 heterocycles. The average Bonchev–Trinajstić information content (AvgIpc) is 2.85. The summed E-state index contributed by atoms with van der Waals surface area (Å²) in [5.41, 5.74) is 2.84. The van der Waals surface area contributed by atoms with E-state index in [9.17, 15) is 0 Å². The quantitative estimate of drug-likeness (QED) is 0.548. The molecule has 0 N–H and O–H groups in total. The first-order chi connectivity index (χ1) is 7.47. The standard InChI is InChI=1S/C9H8.2C2H6.CH4/c1-2-5-9-7-3-6-8(9)4-1;2*1-2;/h1-6H,7H2;2*1-2H3;1H4/i;;;1T. The lowest BCUT2D eigenvalue weighted by atomic mass is 10.1. The maximum absolute atomic E-state index is 5.75. The Morgan fingerprint density at radius 2 is 1.64 bits per heavy atom. The molecule has 0 heteroatoms. The van der Waals surface area contributed by atoms with E-state index in [0.717, 1.165) is 6.42 Å². The smallest absolute Gasteiger partial charge is 0.0194 e. The van der Waals surface area contributed by atoms with Crippen molar-refractivity contribution in [2.75, 3.05) is 0 Å². The Labute approximate surface area is 91.1 Å². The average molecular weight is 194 g/mol. The zero-order valence-corrected chi connectivity index (χ0v) is 10.2. The van der Waals surface area contributed by atoms with Gasteiger partial charge in [0.1, 0.15) is 0 Å². The van der Waals surface area contributed by atoms with E-state index in [1.165, 1.54) is 18.5 Å². The van der Waals surface area contributed by atoms with Crippen LogP contribution < -0.4 is 0 Å². The maximum Gasteiger partial charge on any atom is 0.0194 e. The summed E-state index contributed by atoms with van der Waals surface area (Å²) in [5.74, 6) is 0. The van der Waals surface area contributed by atoms with Crippen molar-refractivity contribution in [3.8, 4) is 0 Å². The summed E-state index contributed by atoms with van der Waals surface area (Å²) < 4.78 is 5.75. The molecule has 14 heavy (non-hydrogen) atoms. The van der Waals surface area contributed by atoms with Crippen LogP contribution >= 0.6 is 0 Å². The zero-order valence-electron chi connectivity index (χ0n) is 11.2. The summed E-state index contributed by atoms with van der Waals surface area (Å²) >= 11 is 0. The van der Waals surface area contributed by atoms with E-state index in [1.54, 1.807) is 0 Å². The number of allylic oxidation sites excluding steroid dienone is 1. The van der Waals surface area contributed by atoms with Gasteiger partial charge in [0.2, 0.25) is 0 Å². The second-order valence-electron chi connectivity index (χ2n) is 2.31. The molecule has 0 atom stereocenters. The minimum absolute atomic E-state index is 1.12. The summed E-state index contributed by atoms with van der Waals surface area (Å²) in [7, 11) is 1.25. The number of hydrogen-bond donors (Lipinski definition) is 0.